The molecule has 0 fully saturated rings. The predicted octanol–water partition coefficient (Wildman–Crippen LogP) is 8.86. The van der Waals surface area contributed by atoms with Crippen molar-refractivity contribution in [3.05, 3.63) is 179 Å². The van der Waals surface area contributed by atoms with E-state index >= 15 is 0 Å². The molecule has 0 nitrogen and oxygen atoms in total. The summed E-state index contributed by atoms with van der Waals surface area (Å²) in [6.45, 7) is 0. The maximum absolute atomic E-state index is 2.31. The van der Waals surface area contributed by atoms with Crippen LogP contribution < -0.4 is 0 Å². The van der Waals surface area contributed by atoms with Gasteiger partial charge in [0.05, 0.1) is 0 Å². The van der Waals surface area contributed by atoms with E-state index in [2.05, 4.69) is 158 Å². The topological polar surface area (TPSA) is 0 Å². The average molecular weight is 435 g/mol. The van der Waals surface area contributed by atoms with E-state index in [4.69, 9.17) is 0 Å². The van der Waals surface area contributed by atoms with Gasteiger partial charge in [-0.15, -0.1) is 0 Å². The van der Waals surface area contributed by atoms with Crippen molar-refractivity contribution in [3.63, 3.8) is 0 Å². The first kappa shape index (κ1) is 21.4. The molecule has 0 saturated carbocycles. The Hall–Kier alpha value is -4.42. The highest BCUT2D eigenvalue weighted by atomic mass is 14.1. The van der Waals surface area contributed by atoms with Gasteiger partial charge in [0.15, 0.2) is 0 Å². The Balaban J connectivity index is 1.68. The van der Waals surface area contributed by atoms with Crippen molar-refractivity contribution in [2.24, 2.45) is 0 Å². The smallest absolute Gasteiger partial charge is 0.0105 e. The zero-order chi connectivity index (χ0) is 23.0. The van der Waals surface area contributed by atoms with Crippen LogP contribution in [-0.4, -0.2) is 0 Å². The van der Waals surface area contributed by atoms with Gasteiger partial charge in [-0.25, -0.2) is 0 Å². The molecule has 0 aliphatic carbocycles. The maximum atomic E-state index is 2.31. The lowest BCUT2D eigenvalue weighted by molar-refractivity contribution is 1.53. The third-order valence-electron chi connectivity index (χ3n) is 5.93. The molecule has 0 atom stereocenters. The van der Waals surface area contributed by atoms with Crippen molar-refractivity contribution in [3.8, 4) is 0 Å². The summed E-state index contributed by atoms with van der Waals surface area (Å²) in [4.78, 5) is 0. The fraction of sp³-hybridized carbons (Fsp3) is 0. The lowest BCUT2D eigenvalue weighted by atomic mass is 9.92. The number of hydrogen-bond donors (Lipinski definition) is 0. The molecule has 5 aromatic carbocycles. The lowest BCUT2D eigenvalue weighted by Crippen LogP contribution is -1.91. The van der Waals surface area contributed by atoms with Gasteiger partial charge in [-0.2, -0.15) is 0 Å². The Labute approximate surface area is 202 Å². The van der Waals surface area contributed by atoms with Crippen LogP contribution in [0, 0.1) is 0 Å². The van der Waals surface area contributed by atoms with Crippen molar-refractivity contribution in [2.75, 3.05) is 0 Å². The van der Waals surface area contributed by atoms with Crippen molar-refractivity contribution >= 4 is 23.3 Å². The van der Waals surface area contributed by atoms with E-state index in [0.717, 1.165) is 0 Å². The fourth-order valence-corrected chi connectivity index (χ4v) is 4.22. The molecule has 0 saturated heterocycles. The molecule has 0 aromatic heterocycles. The fourth-order valence-electron chi connectivity index (χ4n) is 4.22. The molecule has 0 heterocycles. The molecule has 162 valence electrons. The first-order valence-corrected chi connectivity index (χ1v) is 11.6. The second-order valence-electron chi connectivity index (χ2n) is 8.21. The van der Waals surface area contributed by atoms with Gasteiger partial charge in [0.1, 0.15) is 0 Å². The highest BCUT2D eigenvalue weighted by Gasteiger charge is 2.09. The lowest BCUT2D eigenvalue weighted by Gasteiger charge is -2.12. The van der Waals surface area contributed by atoms with Crippen LogP contribution in [0.3, 0.4) is 0 Å². The van der Waals surface area contributed by atoms with Gasteiger partial charge < -0.3 is 0 Å². The quantitative estimate of drug-likeness (QED) is 0.234. The van der Waals surface area contributed by atoms with Gasteiger partial charge >= 0.3 is 0 Å². The van der Waals surface area contributed by atoms with Crippen LogP contribution in [-0.2, 0) is 0 Å². The summed E-state index contributed by atoms with van der Waals surface area (Å²) in [5.41, 5.74) is 9.63. The Morgan fingerprint density at radius 2 is 0.529 bits per heavy atom. The second-order valence-corrected chi connectivity index (χ2v) is 8.21. The summed E-state index contributed by atoms with van der Waals surface area (Å²) in [6, 6.07) is 51.1. The molecule has 0 spiro atoms. The van der Waals surface area contributed by atoms with E-state index in [-0.39, 0.29) is 0 Å². The van der Waals surface area contributed by atoms with Crippen molar-refractivity contribution in [1.29, 1.82) is 0 Å². The highest BCUT2D eigenvalue weighted by molar-refractivity contribution is 5.96. The normalized spacial score (nSPS) is 10.4. The molecule has 34 heavy (non-hydrogen) atoms. The van der Waals surface area contributed by atoms with E-state index in [0.29, 0.717) is 0 Å². The number of rotatable bonds is 6. The molecule has 0 heteroatoms. The average Bonchev–Trinajstić information content (AvgIpc) is 2.93. The van der Waals surface area contributed by atoms with Gasteiger partial charge in [-0.1, -0.05) is 146 Å². The van der Waals surface area contributed by atoms with Crippen LogP contribution in [0.2, 0.25) is 0 Å². The minimum atomic E-state index is 1.19. The molecule has 0 aliphatic rings. The largest absolute Gasteiger partial charge is 0.0622 e. The van der Waals surface area contributed by atoms with Crippen molar-refractivity contribution in [2.45, 2.75) is 0 Å². The number of hydrogen-bond acceptors (Lipinski definition) is 0. The Morgan fingerprint density at radius 3 is 0.794 bits per heavy atom. The summed E-state index contributed by atoms with van der Waals surface area (Å²) in [7, 11) is 0. The monoisotopic (exact) mass is 434 g/mol. The molecular formula is C34H26. The third kappa shape index (κ3) is 4.98. The zero-order valence-corrected chi connectivity index (χ0v) is 19.0. The Morgan fingerprint density at radius 1 is 0.294 bits per heavy atom. The van der Waals surface area contributed by atoms with Gasteiger partial charge in [-0.05, 0) is 56.7 Å². The highest BCUT2D eigenvalue weighted by Crippen LogP contribution is 2.30. The first-order chi connectivity index (χ1) is 16.9. The van der Waals surface area contributed by atoms with E-state index in [1.807, 2.05) is 0 Å². The van der Waals surface area contributed by atoms with E-state index in [9.17, 15) is 0 Å². The predicted molar refractivity (Wildman–Crippen MR) is 146 cm³/mol. The number of benzene rings is 5. The third-order valence-corrected chi connectivity index (χ3v) is 5.93. The van der Waals surface area contributed by atoms with Gasteiger partial charge in [0, 0.05) is 0 Å². The van der Waals surface area contributed by atoms with Crippen LogP contribution in [0.15, 0.2) is 146 Å². The second kappa shape index (κ2) is 10.5. The van der Waals surface area contributed by atoms with Crippen molar-refractivity contribution < 1.29 is 0 Å². The molecule has 0 bridgehead atoms. The van der Waals surface area contributed by atoms with Crippen LogP contribution >= 0.6 is 0 Å². The summed E-state index contributed by atoms with van der Waals surface area (Å²) in [6.07, 6.45) is 4.62. The van der Waals surface area contributed by atoms with Crippen LogP contribution in [0.4, 0.5) is 0 Å². The minimum absolute atomic E-state index is 1.19. The summed E-state index contributed by atoms with van der Waals surface area (Å²) >= 11 is 0. The summed E-state index contributed by atoms with van der Waals surface area (Å²) in [5, 5.41) is 0. The van der Waals surface area contributed by atoms with Crippen LogP contribution in [0.5, 0.6) is 0 Å². The Bertz CT molecular complexity index is 1200. The Kier molecular flexibility index (Phi) is 6.59. The SMILES string of the molecule is C(=C(c1ccccc1)c1ccccc1)c1ccccc1C=C(c1ccccc1)c1ccccc1. The summed E-state index contributed by atoms with van der Waals surface area (Å²) in [5.74, 6) is 0. The van der Waals surface area contributed by atoms with E-state index in [1.165, 1.54) is 44.5 Å². The molecule has 0 radical (unpaired) electrons. The standard InChI is InChI=1S/C34H26/c1-5-15-27(16-6-1)33(28-17-7-2-8-18-28)25-31-23-13-14-24-32(31)26-34(29-19-9-3-10-20-29)30-21-11-4-12-22-30/h1-26H. The van der Waals surface area contributed by atoms with Gasteiger partial charge in [0.2, 0.25) is 0 Å². The molecule has 0 N–H and O–H groups in total. The van der Waals surface area contributed by atoms with Crippen molar-refractivity contribution in [1.82, 2.24) is 0 Å². The van der Waals surface area contributed by atoms with Gasteiger partial charge in [-0.3, -0.25) is 0 Å². The zero-order valence-electron chi connectivity index (χ0n) is 19.0. The van der Waals surface area contributed by atoms with Crippen LogP contribution in [0.1, 0.15) is 33.4 Å². The molecule has 0 aliphatic heterocycles. The molecule has 0 amide bonds. The molecule has 5 aromatic rings. The van der Waals surface area contributed by atoms with Crippen LogP contribution in [0.25, 0.3) is 23.3 Å². The summed E-state index contributed by atoms with van der Waals surface area (Å²) < 4.78 is 0. The molecular weight excluding hydrogens is 408 g/mol. The van der Waals surface area contributed by atoms with E-state index < -0.39 is 0 Å². The molecule has 0 unspecified atom stereocenters. The maximum Gasteiger partial charge on any atom is -0.0105 e. The minimum Gasteiger partial charge on any atom is -0.0622 e. The van der Waals surface area contributed by atoms with E-state index in [1.54, 1.807) is 0 Å². The molecule has 5 rings (SSSR count). The first-order valence-electron chi connectivity index (χ1n) is 11.6. The van der Waals surface area contributed by atoms with Gasteiger partial charge in [0.25, 0.3) is 0 Å².